The number of guanidine groups is 1. The van der Waals surface area contributed by atoms with E-state index in [0.717, 1.165) is 5.56 Å². The highest BCUT2D eigenvalue weighted by Crippen LogP contribution is 2.04. The van der Waals surface area contributed by atoms with Crippen LogP contribution in [0.15, 0.2) is 29.3 Å². The molecule has 0 aliphatic heterocycles. The van der Waals surface area contributed by atoms with Gasteiger partial charge in [-0.15, -0.1) is 0 Å². The van der Waals surface area contributed by atoms with Crippen molar-refractivity contribution < 1.29 is 12.8 Å². The van der Waals surface area contributed by atoms with Gasteiger partial charge in [0.2, 0.25) is 10.0 Å². The first-order valence-electron chi connectivity index (χ1n) is 8.17. The Balaban J connectivity index is 2.59. The van der Waals surface area contributed by atoms with Gasteiger partial charge in [0.15, 0.2) is 5.96 Å². The first-order valence-corrected chi connectivity index (χ1v) is 9.78. The molecule has 6 nitrogen and oxygen atoms in total. The molecule has 24 heavy (non-hydrogen) atoms. The molecule has 8 heteroatoms. The molecule has 0 saturated carbocycles. The summed E-state index contributed by atoms with van der Waals surface area (Å²) in [6.45, 7) is 7.84. The van der Waals surface area contributed by atoms with Crippen molar-refractivity contribution in [2.24, 2.45) is 4.99 Å². The summed E-state index contributed by atoms with van der Waals surface area (Å²) in [6.07, 6.45) is 0. The summed E-state index contributed by atoms with van der Waals surface area (Å²) in [4.78, 5) is 4.38. The summed E-state index contributed by atoms with van der Waals surface area (Å²) in [5, 5.41) is 6.08. The van der Waals surface area contributed by atoms with Gasteiger partial charge in [0.25, 0.3) is 0 Å². The lowest BCUT2D eigenvalue weighted by Gasteiger charge is -2.19. The summed E-state index contributed by atoms with van der Waals surface area (Å²) in [6, 6.07) is 6.13. The lowest BCUT2D eigenvalue weighted by molar-refractivity contribution is 0.445. The van der Waals surface area contributed by atoms with Crippen LogP contribution >= 0.6 is 0 Å². The van der Waals surface area contributed by atoms with Crippen LogP contribution in [0.4, 0.5) is 4.39 Å². The van der Waals surface area contributed by atoms with Crippen LogP contribution < -0.4 is 10.6 Å². The minimum atomic E-state index is -3.26. The van der Waals surface area contributed by atoms with Gasteiger partial charge in [0, 0.05) is 26.2 Å². The molecule has 0 radical (unpaired) electrons. The molecule has 0 spiro atoms. The van der Waals surface area contributed by atoms with Crippen molar-refractivity contribution in [2.75, 3.05) is 31.9 Å². The summed E-state index contributed by atoms with van der Waals surface area (Å²) < 4.78 is 38.6. The highest BCUT2D eigenvalue weighted by atomic mass is 32.2. The van der Waals surface area contributed by atoms with E-state index in [9.17, 15) is 12.8 Å². The SMILES string of the molecule is CCNC(=NCc1ccc(F)cc1)NCCS(=O)(=O)N(CC)CC. The monoisotopic (exact) mass is 358 g/mol. The van der Waals surface area contributed by atoms with Crippen LogP contribution in [-0.2, 0) is 16.6 Å². The van der Waals surface area contributed by atoms with Crippen LogP contribution in [0.3, 0.4) is 0 Å². The zero-order valence-electron chi connectivity index (χ0n) is 14.5. The number of benzene rings is 1. The van der Waals surface area contributed by atoms with E-state index in [2.05, 4.69) is 15.6 Å². The third-order valence-electron chi connectivity index (χ3n) is 3.43. The van der Waals surface area contributed by atoms with Gasteiger partial charge >= 0.3 is 0 Å². The van der Waals surface area contributed by atoms with Crippen molar-refractivity contribution in [3.8, 4) is 0 Å². The van der Waals surface area contributed by atoms with Gasteiger partial charge in [-0.3, -0.25) is 0 Å². The summed E-state index contributed by atoms with van der Waals surface area (Å²) in [7, 11) is -3.26. The zero-order valence-corrected chi connectivity index (χ0v) is 15.4. The number of hydrogen-bond acceptors (Lipinski definition) is 3. The number of rotatable bonds is 9. The van der Waals surface area contributed by atoms with Crippen LogP contribution in [0.5, 0.6) is 0 Å². The third-order valence-corrected chi connectivity index (χ3v) is 5.45. The first kappa shape index (κ1) is 20.4. The molecule has 0 heterocycles. The largest absolute Gasteiger partial charge is 0.357 e. The Labute approximate surface area is 144 Å². The molecule has 2 N–H and O–H groups in total. The van der Waals surface area contributed by atoms with Gasteiger partial charge < -0.3 is 10.6 Å². The number of aliphatic imine (C=N–C) groups is 1. The molecule has 0 aromatic heterocycles. The fourth-order valence-electron chi connectivity index (χ4n) is 2.15. The average molecular weight is 358 g/mol. The van der Waals surface area contributed by atoms with Crippen LogP contribution in [0.1, 0.15) is 26.3 Å². The Morgan fingerprint density at radius 3 is 2.29 bits per heavy atom. The van der Waals surface area contributed by atoms with E-state index in [-0.39, 0.29) is 18.1 Å². The maximum atomic E-state index is 12.9. The van der Waals surface area contributed by atoms with E-state index in [0.29, 0.717) is 32.1 Å². The number of hydrogen-bond donors (Lipinski definition) is 2. The van der Waals surface area contributed by atoms with E-state index < -0.39 is 10.0 Å². The lowest BCUT2D eigenvalue weighted by Crippen LogP contribution is -2.42. The normalized spacial score (nSPS) is 12.5. The second-order valence-corrected chi connectivity index (χ2v) is 7.24. The second kappa shape index (κ2) is 10.2. The molecular weight excluding hydrogens is 331 g/mol. The molecule has 0 saturated heterocycles. The minimum Gasteiger partial charge on any atom is -0.357 e. The van der Waals surface area contributed by atoms with Crippen molar-refractivity contribution in [1.29, 1.82) is 0 Å². The molecular formula is C16H27FN4O2S. The highest BCUT2D eigenvalue weighted by molar-refractivity contribution is 7.89. The van der Waals surface area contributed by atoms with Crippen molar-refractivity contribution >= 4 is 16.0 Å². The molecule has 136 valence electrons. The molecule has 1 aromatic carbocycles. The fourth-order valence-corrected chi connectivity index (χ4v) is 3.55. The van der Waals surface area contributed by atoms with Gasteiger partial charge in [-0.05, 0) is 24.6 Å². The molecule has 0 atom stereocenters. The van der Waals surface area contributed by atoms with E-state index in [1.54, 1.807) is 12.1 Å². The summed E-state index contributed by atoms with van der Waals surface area (Å²) in [5.74, 6) is 0.265. The molecule has 1 rings (SSSR count). The smallest absolute Gasteiger partial charge is 0.215 e. The van der Waals surface area contributed by atoms with Crippen molar-refractivity contribution in [2.45, 2.75) is 27.3 Å². The van der Waals surface area contributed by atoms with Gasteiger partial charge in [0.05, 0.1) is 12.3 Å². The van der Waals surface area contributed by atoms with Crippen LogP contribution in [0, 0.1) is 5.82 Å². The fraction of sp³-hybridized carbons (Fsp3) is 0.562. The number of nitrogens with zero attached hydrogens (tertiary/aromatic N) is 2. The van der Waals surface area contributed by atoms with Gasteiger partial charge in [-0.2, -0.15) is 0 Å². The average Bonchev–Trinajstić information content (AvgIpc) is 2.54. The summed E-state index contributed by atoms with van der Waals surface area (Å²) in [5.41, 5.74) is 0.879. The Morgan fingerprint density at radius 2 is 1.75 bits per heavy atom. The Morgan fingerprint density at radius 1 is 1.12 bits per heavy atom. The standard InChI is InChI=1S/C16H27FN4O2S/c1-4-18-16(20-13-14-7-9-15(17)10-8-14)19-11-12-24(22,23)21(5-2)6-3/h7-10H,4-6,11-13H2,1-3H3,(H2,18,19,20). The predicted octanol–water partition coefficient (Wildman–Crippen LogP) is 1.55. The molecule has 0 bridgehead atoms. The molecule has 0 amide bonds. The first-order chi connectivity index (χ1) is 11.4. The predicted molar refractivity (Wildman–Crippen MR) is 95.9 cm³/mol. The van der Waals surface area contributed by atoms with Gasteiger partial charge in [-0.25, -0.2) is 22.1 Å². The quantitative estimate of drug-likeness (QED) is 0.519. The number of halogens is 1. The molecule has 0 aliphatic rings. The van der Waals surface area contributed by atoms with Crippen molar-refractivity contribution in [1.82, 2.24) is 14.9 Å². The number of nitrogens with one attached hydrogen (secondary N) is 2. The topological polar surface area (TPSA) is 73.8 Å². The zero-order chi connectivity index (χ0) is 18.0. The molecule has 0 unspecified atom stereocenters. The van der Waals surface area contributed by atoms with Crippen LogP contribution in [-0.4, -0.2) is 50.6 Å². The van der Waals surface area contributed by atoms with E-state index in [4.69, 9.17) is 0 Å². The third kappa shape index (κ3) is 6.84. The van der Waals surface area contributed by atoms with Gasteiger partial charge in [0.1, 0.15) is 5.82 Å². The Hall–Kier alpha value is -1.67. The second-order valence-electron chi connectivity index (χ2n) is 5.15. The molecule has 0 aliphatic carbocycles. The van der Waals surface area contributed by atoms with E-state index >= 15 is 0 Å². The van der Waals surface area contributed by atoms with Crippen LogP contribution in [0.2, 0.25) is 0 Å². The number of sulfonamides is 1. The van der Waals surface area contributed by atoms with E-state index in [1.165, 1.54) is 16.4 Å². The summed E-state index contributed by atoms with van der Waals surface area (Å²) >= 11 is 0. The molecule has 0 fully saturated rings. The van der Waals surface area contributed by atoms with Crippen LogP contribution in [0.25, 0.3) is 0 Å². The van der Waals surface area contributed by atoms with Crippen molar-refractivity contribution in [3.63, 3.8) is 0 Å². The highest BCUT2D eigenvalue weighted by Gasteiger charge is 2.18. The minimum absolute atomic E-state index is 0.00957. The molecule has 1 aromatic rings. The lowest BCUT2D eigenvalue weighted by atomic mass is 10.2. The Kier molecular flexibility index (Phi) is 8.70. The maximum Gasteiger partial charge on any atom is 0.215 e. The van der Waals surface area contributed by atoms with Crippen molar-refractivity contribution in [3.05, 3.63) is 35.6 Å². The maximum absolute atomic E-state index is 12.9. The van der Waals surface area contributed by atoms with E-state index in [1.807, 2.05) is 20.8 Å². The Bertz CT molecular complexity index is 613. The van der Waals surface area contributed by atoms with Gasteiger partial charge in [-0.1, -0.05) is 26.0 Å².